The average molecular weight is 688 g/mol. The van der Waals surface area contributed by atoms with Crippen LogP contribution >= 0.6 is 0 Å². The molecule has 0 amide bonds. The number of para-hydroxylation sites is 1. The van der Waals surface area contributed by atoms with E-state index in [-0.39, 0.29) is 16.4 Å². The molecule has 5 rings (SSSR count). The Kier molecular flexibility index (Phi) is 11.7. The summed E-state index contributed by atoms with van der Waals surface area (Å²) in [5.41, 5.74) is 0.260. The van der Waals surface area contributed by atoms with Gasteiger partial charge in [0.25, 0.3) is 0 Å². The number of hydrogen-bond acceptors (Lipinski definition) is 3. The molecule has 5 aromatic carbocycles. The maximum atomic E-state index is 16.3. The van der Waals surface area contributed by atoms with E-state index in [0.29, 0.717) is 0 Å². The SMILES string of the molecule is CO[Si](OC)(OC)c1c(F)c(F)c([B-](c2ccc(F)cc2)(c2ccc(F)cc2)c2ccc(F)cc2)c(F)c1F.C[NH+](C)c1ccccc1. The highest BCUT2D eigenvalue weighted by atomic mass is 28.4. The third-order valence-corrected chi connectivity index (χ3v) is 11.0. The lowest BCUT2D eigenvalue weighted by atomic mass is 9.13. The Bertz CT molecular complexity index is 1680. The molecule has 0 aromatic heterocycles. The quantitative estimate of drug-likeness (QED) is 0.146. The van der Waals surface area contributed by atoms with E-state index in [9.17, 15) is 13.2 Å². The second kappa shape index (κ2) is 15.3. The summed E-state index contributed by atoms with van der Waals surface area (Å²) in [7, 11) is 2.80. The van der Waals surface area contributed by atoms with E-state index in [1.807, 2.05) is 6.07 Å². The van der Waals surface area contributed by atoms with Gasteiger partial charge in [-0.05, 0) is 48.5 Å². The Morgan fingerprint density at radius 1 is 0.479 bits per heavy atom. The summed E-state index contributed by atoms with van der Waals surface area (Å²) >= 11 is 0. The first-order valence-corrected chi connectivity index (χ1v) is 16.4. The van der Waals surface area contributed by atoms with Crippen LogP contribution < -0.4 is 31.9 Å². The van der Waals surface area contributed by atoms with Crippen molar-refractivity contribution < 1.29 is 48.9 Å². The van der Waals surface area contributed by atoms with Crippen LogP contribution in [0.15, 0.2) is 103 Å². The van der Waals surface area contributed by atoms with Crippen molar-refractivity contribution in [2.45, 2.75) is 0 Å². The lowest BCUT2D eigenvalue weighted by Gasteiger charge is -2.44. The van der Waals surface area contributed by atoms with Gasteiger partial charge in [0.05, 0.1) is 19.3 Å². The van der Waals surface area contributed by atoms with Gasteiger partial charge < -0.3 is 18.2 Å². The molecule has 0 saturated carbocycles. The molecule has 5 aromatic rings. The number of nitrogens with one attached hydrogen (secondary N) is 1. The van der Waals surface area contributed by atoms with Crippen molar-refractivity contribution >= 4 is 47.7 Å². The van der Waals surface area contributed by atoms with Crippen molar-refractivity contribution in [3.8, 4) is 0 Å². The average Bonchev–Trinajstić information content (AvgIpc) is 3.10. The molecule has 0 bridgehead atoms. The molecule has 252 valence electrons. The van der Waals surface area contributed by atoms with Crippen molar-refractivity contribution in [3.63, 3.8) is 0 Å². The molecular formula is C35H33BF7NO3Si. The van der Waals surface area contributed by atoms with E-state index in [2.05, 4.69) is 38.4 Å². The number of quaternary nitrogens is 1. The number of benzene rings is 5. The normalized spacial score (nSPS) is 11.8. The van der Waals surface area contributed by atoms with E-state index in [1.165, 1.54) is 47.0 Å². The molecule has 13 heteroatoms. The van der Waals surface area contributed by atoms with Gasteiger partial charge in [-0.3, -0.25) is 0 Å². The third-order valence-electron chi connectivity index (χ3n) is 8.30. The molecule has 0 atom stereocenters. The predicted molar refractivity (Wildman–Crippen MR) is 175 cm³/mol. The predicted octanol–water partition coefficient (Wildman–Crippen LogP) is 3.59. The maximum absolute atomic E-state index is 16.3. The second-order valence-corrected chi connectivity index (χ2v) is 13.9. The molecule has 4 nitrogen and oxygen atoms in total. The van der Waals surface area contributed by atoms with Gasteiger partial charge in [-0.25, -0.2) is 30.7 Å². The minimum absolute atomic E-state index is 0.00713. The molecule has 0 saturated heterocycles. The summed E-state index contributed by atoms with van der Waals surface area (Å²) in [6, 6.07) is 23.5. The van der Waals surface area contributed by atoms with Crippen LogP contribution in [-0.4, -0.2) is 50.4 Å². The Balaban J connectivity index is 0.000000500. The van der Waals surface area contributed by atoms with Gasteiger partial charge in [0.1, 0.15) is 40.9 Å². The minimum atomic E-state index is -4.46. The van der Waals surface area contributed by atoms with Crippen molar-refractivity contribution in [2.24, 2.45) is 0 Å². The van der Waals surface area contributed by atoms with Gasteiger partial charge in [-0.2, -0.15) is 16.4 Å². The van der Waals surface area contributed by atoms with Crippen LogP contribution in [0.1, 0.15) is 0 Å². The molecule has 1 N–H and O–H groups in total. The first-order chi connectivity index (χ1) is 22.9. The molecule has 0 spiro atoms. The Morgan fingerprint density at radius 2 is 0.812 bits per heavy atom. The van der Waals surface area contributed by atoms with Crippen LogP contribution in [0.3, 0.4) is 0 Å². The molecule has 0 aliphatic carbocycles. The highest BCUT2D eigenvalue weighted by molar-refractivity contribution is 7.20. The summed E-state index contributed by atoms with van der Waals surface area (Å²) < 4.78 is 122. The fourth-order valence-corrected chi connectivity index (χ4v) is 7.83. The summed E-state index contributed by atoms with van der Waals surface area (Å²) in [6.07, 6.45) is -3.26. The van der Waals surface area contributed by atoms with Crippen LogP contribution in [0, 0.1) is 40.7 Å². The lowest BCUT2D eigenvalue weighted by molar-refractivity contribution is -0.786. The highest BCUT2D eigenvalue weighted by Crippen LogP contribution is 2.21. The summed E-state index contributed by atoms with van der Waals surface area (Å²) in [4.78, 5) is 1.37. The molecule has 0 unspecified atom stereocenters. The van der Waals surface area contributed by atoms with Crippen LogP contribution in [0.4, 0.5) is 36.4 Å². The fourth-order valence-electron chi connectivity index (χ4n) is 5.96. The zero-order chi connectivity index (χ0) is 35.2. The monoisotopic (exact) mass is 687 g/mol. The van der Waals surface area contributed by atoms with Crippen LogP contribution in [0.2, 0.25) is 0 Å². The Morgan fingerprint density at radius 3 is 1.08 bits per heavy atom. The molecule has 48 heavy (non-hydrogen) atoms. The van der Waals surface area contributed by atoms with E-state index in [4.69, 9.17) is 13.3 Å². The molecule has 0 heterocycles. The number of halogens is 7. The maximum Gasteiger partial charge on any atom is 0.542 e. The summed E-state index contributed by atoms with van der Waals surface area (Å²) in [6.45, 7) is 0. The second-order valence-electron chi connectivity index (χ2n) is 11.1. The lowest BCUT2D eigenvalue weighted by Crippen LogP contribution is -3.00. The van der Waals surface area contributed by atoms with Gasteiger partial charge in [-0.1, -0.05) is 54.6 Å². The Labute approximate surface area is 275 Å². The summed E-state index contributed by atoms with van der Waals surface area (Å²) in [5, 5.41) is -1.20. The molecule has 0 aliphatic rings. The smallest absolute Gasteiger partial charge is 0.373 e. The van der Waals surface area contributed by atoms with Crippen LogP contribution in [0.5, 0.6) is 0 Å². The van der Waals surface area contributed by atoms with Crippen molar-refractivity contribution in [1.82, 2.24) is 0 Å². The Hall–Kier alpha value is -4.27. The van der Waals surface area contributed by atoms with Gasteiger partial charge >= 0.3 is 8.80 Å². The standard InChI is InChI=1S/C27H21BF7O3Si.C8H11N/c1-36-39(37-2,38-3)27-25(34)23(32)22(24(33)26(27)35)28(16-4-10-19(29)11-5-16,17-6-12-20(30)13-7-17)18-8-14-21(31)15-9-18;1-9(2)8-6-4-3-5-7-8/h4-15H,1-3H3;3-7H,1-2H3/q-1;/p+1. The van der Waals surface area contributed by atoms with Gasteiger partial charge in [0, 0.05) is 21.3 Å². The van der Waals surface area contributed by atoms with Crippen LogP contribution in [0.25, 0.3) is 0 Å². The van der Waals surface area contributed by atoms with Crippen molar-refractivity contribution in [3.05, 3.63) is 144 Å². The molecule has 0 radical (unpaired) electrons. The third kappa shape index (κ3) is 6.82. The fraction of sp³-hybridized carbons (Fsp3) is 0.143. The van der Waals surface area contributed by atoms with E-state index in [1.54, 1.807) is 0 Å². The summed E-state index contributed by atoms with van der Waals surface area (Å²) in [5.74, 6) is -9.41. The molecule has 0 fully saturated rings. The minimum Gasteiger partial charge on any atom is -0.373 e. The largest absolute Gasteiger partial charge is 0.542 e. The number of hydrogen-bond donors (Lipinski definition) is 1. The van der Waals surface area contributed by atoms with Gasteiger partial charge in [-0.15, -0.1) is 5.46 Å². The molecular weight excluding hydrogens is 654 g/mol. The zero-order valence-corrected chi connectivity index (χ0v) is 27.8. The van der Waals surface area contributed by atoms with E-state index < -0.39 is 66.3 Å². The van der Waals surface area contributed by atoms with E-state index in [0.717, 1.165) is 57.7 Å². The number of rotatable bonds is 9. The highest BCUT2D eigenvalue weighted by Gasteiger charge is 2.50. The first kappa shape index (κ1) is 36.6. The van der Waals surface area contributed by atoms with Crippen molar-refractivity contribution in [2.75, 3.05) is 35.4 Å². The zero-order valence-electron chi connectivity index (χ0n) is 26.8. The topological polar surface area (TPSA) is 32.1 Å². The van der Waals surface area contributed by atoms with Crippen LogP contribution in [-0.2, 0) is 13.3 Å². The first-order valence-electron chi connectivity index (χ1n) is 14.7. The van der Waals surface area contributed by atoms with Gasteiger partial charge in [0.2, 0.25) is 0 Å². The van der Waals surface area contributed by atoms with Crippen molar-refractivity contribution in [1.29, 1.82) is 0 Å². The van der Waals surface area contributed by atoms with E-state index >= 15 is 17.6 Å². The molecule has 0 aliphatic heterocycles. The van der Waals surface area contributed by atoms with Gasteiger partial charge in [0.15, 0.2) is 11.6 Å².